The lowest BCUT2D eigenvalue weighted by atomic mass is 10.3. The summed E-state index contributed by atoms with van der Waals surface area (Å²) in [6.07, 6.45) is 1.11. The number of carbonyl (C=O) groups is 1. The molecule has 0 aliphatic heterocycles. The van der Waals surface area contributed by atoms with Crippen LogP contribution in [-0.4, -0.2) is 22.2 Å². The lowest BCUT2D eigenvalue weighted by Crippen LogP contribution is -2.22. The summed E-state index contributed by atoms with van der Waals surface area (Å²) < 4.78 is 6.46. The van der Waals surface area contributed by atoms with Crippen LogP contribution in [0.1, 0.15) is 25.3 Å². The third-order valence-electron chi connectivity index (χ3n) is 2.54. The zero-order valence-electron chi connectivity index (χ0n) is 10.3. The van der Waals surface area contributed by atoms with Gasteiger partial charge in [-0.1, -0.05) is 13.0 Å². The molecule has 1 aromatic carbocycles. The molecule has 0 aliphatic carbocycles. The predicted octanol–water partition coefficient (Wildman–Crippen LogP) is 3.10. The number of thiazole rings is 1. The van der Waals surface area contributed by atoms with Crippen LogP contribution in [-0.2, 0) is 11.2 Å². The predicted molar refractivity (Wildman–Crippen MR) is 71.3 cm³/mol. The fourth-order valence-corrected chi connectivity index (χ4v) is 2.71. The van der Waals surface area contributed by atoms with E-state index in [4.69, 9.17) is 9.84 Å². The topological polar surface area (TPSA) is 59.4 Å². The average molecular weight is 265 g/mol. The molecule has 0 saturated heterocycles. The van der Waals surface area contributed by atoms with E-state index in [1.54, 1.807) is 17.4 Å². The maximum atomic E-state index is 10.8. The average Bonchev–Trinajstić information content (AvgIpc) is 2.73. The van der Waals surface area contributed by atoms with E-state index in [0.29, 0.717) is 5.75 Å². The third-order valence-corrected chi connectivity index (χ3v) is 3.62. The number of benzene rings is 1. The number of para-hydroxylation sites is 1. The molecule has 0 amide bonds. The second-order valence-corrected chi connectivity index (χ2v) is 5.17. The van der Waals surface area contributed by atoms with Gasteiger partial charge in [0.05, 0.1) is 9.71 Å². The maximum absolute atomic E-state index is 10.8. The van der Waals surface area contributed by atoms with Crippen molar-refractivity contribution in [2.24, 2.45) is 0 Å². The number of carboxylic acids is 1. The molecule has 2 rings (SSSR count). The number of ether oxygens (including phenoxy) is 1. The minimum atomic E-state index is -0.976. The van der Waals surface area contributed by atoms with Gasteiger partial charge in [-0.05, 0) is 31.9 Å². The van der Waals surface area contributed by atoms with Crippen molar-refractivity contribution in [2.75, 3.05) is 0 Å². The van der Waals surface area contributed by atoms with Crippen LogP contribution in [0.25, 0.3) is 10.2 Å². The van der Waals surface area contributed by atoms with Gasteiger partial charge in [0.15, 0.2) is 6.10 Å². The van der Waals surface area contributed by atoms with Crippen molar-refractivity contribution < 1.29 is 14.6 Å². The van der Waals surface area contributed by atoms with Gasteiger partial charge in [0.2, 0.25) is 0 Å². The molecule has 1 unspecified atom stereocenters. The van der Waals surface area contributed by atoms with Crippen molar-refractivity contribution in [3.63, 3.8) is 0 Å². The Labute approximate surface area is 109 Å². The first kappa shape index (κ1) is 12.8. The van der Waals surface area contributed by atoms with Crippen molar-refractivity contribution in [3.8, 4) is 5.75 Å². The zero-order chi connectivity index (χ0) is 13.1. The number of carboxylic acid groups (broad SMARTS) is 1. The molecule has 18 heavy (non-hydrogen) atoms. The second-order valence-electron chi connectivity index (χ2n) is 4.06. The number of fused-ring (bicyclic) bond motifs is 1. The lowest BCUT2D eigenvalue weighted by Gasteiger charge is -2.10. The van der Waals surface area contributed by atoms with Gasteiger partial charge in [0.25, 0.3) is 0 Å². The molecule has 0 radical (unpaired) electrons. The van der Waals surface area contributed by atoms with Crippen LogP contribution < -0.4 is 4.74 Å². The van der Waals surface area contributed by atoms with Crippen molar-refractivity contribution in [2.45, 2.75) is 32.8 Å². The molecule has 0 fully saturated rings. The normalized spacial score (nSPS) is 12.6. The molecule has 0 saturated carbocycles. The SMILES string of the molecule is CCCc1nc2c(OC(C)C(=O)O)cccc2s1. The highest BCUT2D eigenvalue weighted by molar-refractivity contribution is 7.18. The van der Waals surface area contributed by atoms with E-state index in [1.807, 2.05) is 12.1 Å². The molecule has 0 bridgehead atoms. The largest absolute Gasteiger partial charge is 0.479 e. The van der Waals surface area contributed by atoms with E-state index in [1.165, 1.54) is 6.92 Å². The fraction of sp³-hybridized carbons (Fsp3) is 0.385. The lowest BCUT2D eigenvalue weighted by molar-refractivity contribution is -0.144. The Hall–Kier alpha value is -1.62. The van der Waals surface area contributed by atoms with E-state index < -0.39 is 12.1 Å². The molecule has 4 nitrogen and oxygen atoms in total. The van der Waals surface area contributed by atoms with Gasteiger partial charge in [-0.3, -0.25) is 0 Å². The van der Waals surface area contributed by atoms with Crippen molar-refractivity contribution in [1.82, 2.24) is 4.98 Å². The van der Waals surface area contributed by atoms with Gasteiger partial charge in [-0.15, -0.1) is 11.3 Å². The minimum Gasteiger partial charge on any atom is -0.479 e. The van der Waals surface area contributed by atoms with Crippen molar-refractivity contribution in [1.29, 1.82) is 0 Å². The Morgan fingerprint density at radius 2 is 2.33 bits per heavy atom. The molecule has 0 spiro atoms. The van der Waals surface area contributed by atoms with E-state index in [2.05, 4.69) is 11.9 Å². The summed E-state index contributed by atoms with van der Waals surface area (Å²) in [6.45, 7) is 3.62. The van der Waals surface area contributed by atoms with Crippen molar-refractivity contribution >= 4 is 27.5 Å². The molecule has 1 atom stereocenters. The summed E-state index contributed by atoms with van der Waals surface area (Å²) in [5, 5.41) is 9.92. The Bertz CT molecular complexity index is 564. The molecule has 1 heterocycles. The number of rotatable bonds is 5. The Morgan fingerprint density at radius 1 is 1.56 bits per heavy atom. The van der Waals surface area contributed by atoms with Crippen LogP contribution in [0.15, 0.2) is 18.2 Å². The Morgan fingerprint density at radius 3 is 3.00 bits per heavy atom. The van der Waals surface area contributed by atoms with Crippen LogP contribution in [0, 0.1) is 0 Å². The second kappa shape index (κ2) is 5.35. The number of hydrogen-bond donors (Lipinski definition) is 1. The molecule has 0 aliphatic rings. The van der Waals surface area contributed by atoms with Gasteiger partial charge >= 0.3 is 5.97 Å². The number of aromatic nitrogens is 1. The molecule has 5 heteroatoms. The molecular formula is C13H15NO3S. The summed E-state index contributed by atoms with van der Waals surface area (Å²) in [5.74, 6) is -0.433. The summed E-state index contributed by atoms with van der Waals surface area (Å²) >= 11 is 1.63. The van der Waals surface area contributed by atoms with E-state index in [-0.39, 0.29) is 0 Å². The first-order chi connectivity index (χ1) is 8.61. The summed E-state index contributed by atoms with van der Waals surface area (Å²) in [4.78, 5) is 15.3. The van der Waals surface area contributed by atoms with Crippen LogP contribution in [0.5, 0.6) is 5.75 Å². The summed E-state index contributed by atoms with van der Waals surface area (Å²) in [5.41, 5.74) is 0.763. The van der Waals surface area contributed by atoms with Crippen molar-refractivity contribution in [3.05, 3.63) is 23.2 Å². The maximum Gasteiger partial charge on any atom is 0.344 e. The van der Waals surface area contributed by atoms with Crippen LogP contribution >= 0.6 is 11.3 Å². The molecule has 1 aromatic heterocycles. The Balaban J connectivity index is 2.35. The first-order valence-corrected chi connectivity index (χ1v) is 6.71. The highest BCUT2D eigenvalue weighted by atomic mass is 32.1. The van der Waals surface area contributed by atoms with Crippen LogP contribution in [0.4, 0.5) is 0 Å². The summed E-state index contributed by atoms with van der Waals surface area (Å²) in [6, 6.07) is 5.60. The number of aliphatic carboxylic acids is 1. The number of hydrogen-bond acceptors (Lipinski definition) is 4. The molecule has 96 valence electrons. The summed E-state index contributed by atoms with van der Waals surface area (Å²) in [7, 11) is 0. The van der Waals surface area contributed by atoms with Gasteiger partial charge in [-0.2, -0.15) is 0 Å². The Kier molecular flexibility index (Phi) is 3.81. The van der Waals surface area contributed by atoms with Gasteiger partial charge in [-0.25, -0.2) is 9.78 Å². The standard InChI is InChI=1S/C13H15NO3S/c1-3-5-11-14-12-9(17-8(2)13(15)16)6-4-7-10(12)18-11/h4,6-8H,3,5H2,1-2H3,(H,15,16). The fourth-order valence-electron chi connectivity index (χ4n) is 1.63. The van der Waals surface area contributed by atoms with Crippen LogP contribution in [0.2, 0.25) is 0 Å². The minimum absolute atomic E-state index is 0.543. The van der Waals surface area contributed by atoms with E-state index in [9.17, 15) is 4.79 Å². The third kappa shape index (κ3) is 2.61. The van der Waals surface area contributed by atoms with Gasteiger partial charge in [0.1, 0.15) is 11.3 Å². The van der Waals surface area contributed by atoms with Crippen LogP contribution in [0.3, 0.4) is 0 Å². The molecule has 2 aromatic rings. The first-order valence-electron chi connectivity index (χ1n) is 5.89. The van der Waals surface area contributed by atoms with Gasteiger partial charge in [0, 0.05) is 0 Å². The zero-order valence-corrected chi connectivity index (χ0v) is 11.2. The smallest absolute Gasteiger partial charge is 0.344 e. The number of nitrogens with zero attached hydrogens (tertiary/aromatic N) is 1. The number of aryl methyl sites for hydroxylation is 1. The van der Waals surface area contributed by atoms with E-state index in [0.717, 1.165) is 28.1 Å². The van der Waals surface area contributed by atoms with E-state index >= 15 is 0 Å². The molecule has 1 N–H and O–H groups in total. The molecular weight excluding hydrogens is 250 g/mol. The monoisotopic (exact) mass is 265 g/mol. The van der Waals surface area contributed by atoms with Gasteiger partial charge < -0.3 is 9.84 Å². The quantitative estimate of drug-likeness (QED) is 0.902. The highest BCUT2D eigenvalue weighted by Crippen LogP contribution is 2.30. The highest BCUT2D eigenvalue weighted by Gasteiger charge is 2.15.